The normalized spacial score (nSPS) is 16.8. The van der Waals surface area contributed by atoms with Crippen LogP contribution in [0.1, 0.15) is 26.7 Å². The van der Waals surface area contributed by atoms with Crippen LogP contribution in [0.5, 0.6) is 0 Å². The number of hydrogen-bond donors (Lipinski definition) is 3. The number of rotatable bonds is 5. The standard InChI is InChI=1S/C11H17N5O2S2/c1-11(2,7-3-4-7)15-20(17,18)9-8(14-12)13-10-16(9)5-6-19-10/h5-7,14-15H,3-4,12H2,1-2H3. The quantitative estimate of drug-likeness (QED) is 0.567. The first-order chi connectivity index (χ1) is 9.35. The van der Waals surface area contributed by atoms with Crippen molar-refractivity contribution in [2.75, 3.05) is 5.43 Å². The van der Waals surface area contributed by atoms with Crippen LogP contribution in [-0.2, 0) is 10.0 Å². The second kappa shape index (κ2) is 4.42. The lowest BCUT2D eigenvalue weighted by molar-refractivity contribution is 0.400. The molecule has 0 aliphatic heterocycles. The summed E-state index contributed by atoms with van der Waals surface area (Å²) >= 11 is 1.35. The zero-order valence-corrected chi connectivity index (χ0v) is 12.9. The zero-order valence-electron chi connectivity index (χ0n) is 11.3. The molecule has 2 aromatic rings. The lowest BCUT2D eigenvalue weighted by Crippen LogP contribution is -2.45. The number of hydrogen-bond acceptors (Lipinski definition) is 6. The molecular formula is C11H17N5O2S2. The molecule has 7 nitrogen and oxygen atoms in total. The highest BCUT2D eigenvalue weighted by molar-refractivity contribution is 7.89. The third-order valence-corrected chi connectivity index (χ3v) is 6.06. The molecule has 4 N–H and O–H groups in total. The number of hydrazine groups is 1. The Morgan fingerprint density at radius 3 is 2.80 bits per heavy atom. The van der Waals surface area contributed by atoms with Gasteiger partial charge in [0.2, 0.25) is 5.03 Å². The molecule has 110 valence electrons. The summed E-state index contributed by atoms with van der Waals surface area (Å²) in [6.07, 6.45) is 3.78. The molecule has 2 heterocycles. The summed E-state index contributed by atoms with van der Waals surface area (Å²) in [5.74, 6) is 5.94. The highest BCUT2D eigenvalue weighted by Crippen LogP contribution is 2.40. The Kier molecular flexibility index (Phi) is 3.05. The third-order valence-electron chi connectivity index (χ3n) is 3.60. The van der Waals surface area contributed by atoms with Gasteiger partial charge < -0.3 is 5.43 Å². The Morgan fingerprint density at radius 2 is 2.20 bits per heavy atom. The SMILES string of the molecule is CC(C)(NS(=O)(=O)c1c(NN)nc2sccn12)C1CC1. The van der Waals surface area contributed by atoms with E-state index in [1.165, 1.54) is 15.7 Å². The van der Waals surface area contributed by atoms with E-state index in [0.717, 1.165) is 12.8 Å². The predicted octanol–water partition coefficient (Wildman–Crippen LogP) is 1.15. The van der Waals surface area contributed by atoms with E-state index in [1.807, 2.05) is 13.8 Å². The van der Waals surface area contributed by atoms with Crippen molar-refractivity contribution in [3.63, 3.8) is 0 Å². The van der Waals surface area contributed by atoms with Gasteiger partial charge in [0.25, 0.3) is 10.0 Å². The van der Waals surface area contributed by atoms with Crippen molar-refractivity contribution in [1.82, 2.24) is 14.1 Å². The smallest absolute Gasteiger partial charge is 0.260 e. The van der Waals surface area contributed by atoms with Crippen LogP contribution < -0.4 is 16.0 Å². The molecule has 1 saturated carbocycles. The van der Waals surface area contributed by atoms with E-state index in [9.17, 15) is 8.42 Å². The van der Waals surface area contributed by atoms with Crippen LogP contribution in [0.15, 0.2) is 16.6 Å². The van der Waals surface area contributed by atoms with Crippen LogP contribution in [0.3, 0.4) is 0 Å². The van der Waals surface area contributed by atoms with E-state index in [2.05, 4.69) is 15.1 Å². The highest BCUT2D eigenvalue weighted by Gasteiger charge is 2.42. The van der Waals surface area contributed by atoms with Gasteiger partial charge in [-0.15, -0.1) is 11.3 Å². The molecule has 2 aromatic heterocycles. The number of anilines is 1. The van der Waals surface area contributed by atoms with Crippen molar-refractivity contribution >= 4 is 32.1 Å². The topological polar surface area (TPSA) is 102 Å². The number of nitrogens with zero attached hydrogens (tertiary/aromatic N) is 2. The molecule has 20 heavy (non-hydrogen) atoms. The summed E-state index contributed by atoms with van der Waals surface area (Å²) in [4.78, 5) is 4.76. The first kappa shape index (κ1) is 13.8. The van der Waals surface area contributed by atoms with Gasteiger partial charge in [-0.25, -0.2) is 19.0 Å². The average molecular weight is 315 g/mol. The number of imidazole rings is 1. The van der Waals surface area contributed by atoms with E-state index in [-0.39, 0.29) is 10.8 Å². The summed E-state index contributed by atoms with van der Waals surface area (Å²) in [6, 6.07) is 0. The van der Waals surface area contributed by atoms with Crippen LogP contribution in [-0.4, -0.2) is 23.3 Å². The van der Waals surface area contributed by atoms with E-state index >= 15 is 0 Å². The van der Waals surface area contributed by atoms with Crippen molar-refractivity contribution < 1.29 is 8.42 Å². The van der Waals surface area contributed by atoms with Gasteiger partial charge in [0, 0.05) is 17.1 Å². The predicted molar refractivity (Wildman–Crippen MR) is 78.0 cm³/mol. The number of sulfonamides is 1. The first-order valence-electron chi connectivity index (χ1n) is 6.31. The molecule has 0 bridgehead atoms. The molecule has 0 unspecified atom stereocenters. The van der Waals surface area contributed by atoms with Crippen molar-refractivity contribution in [2.45, 2.75) is 37.3 Å². The Balaban J connectivity index is 2.06. The van der Waals surface area contributed by atoms with Crippen LogP contribution in [0.4, 0.5) is 5.82 Å². The van der Waals surface area contributed by atoms with Crippen molar-refractivity contribution in [1.29, 1.82) is 0 Å². The number of nitrogens with one attached hydrogen (secondary N) is 2. The summed E-state index contributed by atoms with van der Waals surface area (Å²) in [5, 5.41) is 1.85. The number of nitrogen functional groups attached to an aromatic ring is 1. The second-order valence-electron chi connectivity index (χ2n) is 5.57. The molecule has 3 rings (SSSR count). The van der Waals surface area contributed by atoms with E-state index in [4.69, 9.17) is 5.84 Å². The summed E-state index contributed by atoms with van der Waals surface area (Å²) in [6.45, 7) is 3.81. The van der Waals surface area contributed by atoms with Crippen molar-refractivity contribution in [3.8, 4) is 0 Å². The fourth-order valence-electron chi connectivity index (χ4n) is 2.40. The minimum Gasteiger partial charge on any atom is -0.306 e. The molecule has 0 amide bonds. The third kappa shape index (κ3) is 2.20. The molecule has 9 heteroatoms. The van der Waals surface area contributed by atoms with Crippen LogP contribution >= 0.6 is 11.3 Å². The fourth-order valence-corrected chi connectivity index (χ4v) is 4.89. The fraction of sp³-hybridized carbons (Fsp3) is 0.545. The van der Waals surface area contributed by atoms with Gasteiger partial charge in [0.05, 0.1) is 0 Å². The van der Waals surface area contributed by atoms with Gasteiger partial charge in [-0.2, -0.15) is 4.98 Å². The Hall–Kier alpha value is -1.16. The zero-order chi connectivity index (χ0) is 14.5. The second-order valence-corrected chi connectivity index (χ2v) is 8.04. The van der Waals surface area contributed by atoms with Gasteiger partial charge in [-0.05, 0) is 32.6 Å². The number of aromatic nitrogens is 2. The molecule has 0 aromatic carbocycles. The van der Waals surface area contributed by atoms with E-state index in [1.54, 1.807) is 11.6 Å². The Morgan fingerprint density at radius 1 is 1.50 bits per heavy atom. The summed E-state index contributed by atoms with van der Waals surface area (Å²) in [7, 11) is -3.70. The molecule has 1 fully saturated rings. The number of thiazole rings is 1. The van der Waals surface area contributed by atoms with Gasteiger partial charge in [0.1, 0.15) is 0 Å². The maximum Gasteiger partial charge on any atom is 0.260 e. The van der Waals surface area contributed by atoms with Crippen molar-refractivity contribution in [3.05, 3.63) is 11.6 Å². The molecule has 0 atom stereocenters. The largest absolute Gasteiger partial charge is 0.306 e. The minimum atomic E-state index is -3.70. The van der Waals surface area contributed by atoms with Crippen molar-refractivity contribution in [2.24, 2.45) is 11.8 Å². The first-order valence-corrected chi connectivity index (χ1v) is 8.67. The van der Waals surface area contributed by atoms with Crippen LogP contribution in [0.25, 0.3) is 4.96 Å². The van der Waals surface area contributed by atoms with Gasteiger partial charge >= 0.3 is 0 Å². The van der Waals surface area contributed by atoms with Crippen LogP contribution in [0.2, 0.25) is 0 Å². The van der Waals surface area contributed by atoms with Gasteiger partial charge in [0.15, 0.2) is 10.8 Å². The Labute approximate surface area is 121 Å². The Bertz CT molecular complexity index is 742. The maximum absolute atomic E-state index is 12.7. The lowest BCUT2D eigenvalue weighted by atomic mass is 10.0. The summed E-state index contributed by atoms with van der Waals surface area (Å²) < 4.78 is 29.6. The molecule has 1 aliphatic carbocycles. The van der Waals surface area contributed by atoms with Gasteiger partial charge in [-0.3, -0.25) is 4.40 Å². The monoisotopic (exact) mass is 315 g/mol. The average Bonchev–Trinajstić information content (AvgIpc) is 3.00. The molecule has 0 spiro atoms. The summed E-state index contributed by atoms with van der Waals surface area (Å²) in [5.41, 5.74) is 1.90. The van der Waals surface area contributed by atoms with E-state index in [0.29, 0.717) is 10.9 Å². The number of fused-ring (bicyclic) bond motifs is 1. The number of nitrogens with two attached hydrogens (primary N) is 1. The van der Waals surface area contributed by atoms with E-state index < -0.39 is 15.6 Å². The minimum absolute atomic E-state index is 0.0602. The molecular weight excluding hydrogens is 298 g/mol. The molecule has 0 radical (unpaired) electrons. The van der Waals surface area contributed by atoms with Crippen LogP contribution in [0, 0.1) is 5.92 Å². The van der Waals surface area contributed by atoms with Gasteiger partial charge in [-0.1, -0.05) is 0 Å². The maximum atomic E-state index is 12.7. The molecule has 1 aliphatic rings. The molecule has 0 saturated heterocycles. The highest BCUT2D eigenvalue weighted by atomic mass is 32.2. The lowest BCUT2D eigenvalue weighted by Gasteiger charge is -2.25.